The number of hydrogen-bond acceptors (Lipinski definition) is 4. The molecule has 0 spiro atoms. The van der Waals surface area contributed by atoms with Crippen molar-refractivity contribution in [3.63, 3.8) is 0 Å². The molecule has 1 aliphatic heterocycles. The second kappa shape index (κ2) is 9.78. The van der Waals surface area contributed by atoms with Crippen molar-refractivity contribution < 1.29 is 9.84 Å². The van der Waals surface area contributed by atoms with Crippen molar-refractivity contribution in [1.82, 2.24) is 10.2 Å². The van der Waals surface area contributed by atoms with Crippen molar-refractivity contribution in [2.45, 2.75) is 64.0 Å². The van der Waals surface area contributed by atoms with Crippen LogP contribution in [0.4, 0.5) is 0 Å². The molecule has 0 bridgehead atoms. The van der Waals surface area contributed by atoms with E-state index in [1.54, 1.807) is 0 Å². The molecule has 21 heavy (non-hydrogen) atoms. The number of nitrogens with zero attached hydrogens (tertiary/aromatic N) is 1. The van der Waals surface area contributed by atoms with Gasteiger partial charge in [0.2, 0.25) is 0 Å². The van der Waals surface area contributed by atoms with Crippen molar-refractivity contribution >= 4 is 0 Å². The van der Waals surface area contributed by atoms with Crippen LogP contribution in [0.5, 0.6) is 0 Å². The highest BCUT2D eigenvalue weighted by Crippen LogP contribution is 2.31. The number of rotatable bonds is 12. The summed E-state index contributed by atoms with van der Waals surface area (Å²) in [6.45, 7) is 7.70. The molecule has 0 amide bonds. The second-order valence-electron chi connectivity index (χ2n) is 6.83. The molecule has 1 saturated carbocycles. The van der Waals surface area contributed by atoms with Crippen molar-refractivity contribution in [2.24, 2.45) is 5.92 Å². The van der Waals surface area contributed by atoms with E-state index in [0.717, 1.165) is 31.5 Å². The summed E-state index contributed by atoms with van der Waals surface area (Å²) >= 11 is 0. The fourth-order valence-electron chi connectivity index (χ4n) is 3.16. The molecule has 2 N–H and O–H groups in total. The minimum Gasteiger partial charge on any atom is -0.389 e. The fourth-order valence-corrected chi connectivity index (χ4v) is 3.16. The third-order valence-electron chi connectivity index (χ3n) is 4.65. The third kappa shape index (κ3) is 7.09. The molecule has 4 heteroatoms. The van der Waals surface area contributed by atoms with E-state index in [4.69, 9.17) is 4.74 Å². The van der Waals surface area contributed by atoms with Gasteiger partial charge in [-0.25, -0.2) is 0 Å². The lowest BCUT2D eigenvalue weighted by atomic mass is 10.1. The summed E-state index contributed by atoms with van der Waals surface area (Å²) in [7, 11) is 0. The van der Waals surface area contributed by atoms with Gasteiger partial charge in [0.05, 0.1) is 12.7 Å². The van der Waals surface area contributed by atoms with Crippen LogP contribution in [-0.4, -0.2) is 61.5 Å². The summed E-state index contributed by atoms with van der Waals surface area (Å²) in [4.78, 5) is 2.64. The minimum atomic E-state index is -0.364. The molecule has 2 rings (SSSR count). The standard InChI is InChI=1S/C17H34N2O2/c1-2-3-4-5-10-21-14-17(20)12-18-11-15-8-9-19(13-15)16-6-7-16/h15-18,20H,2-14H2,1H3. The summed E-state index contributed by atoms with van der Waals surface area (Å²) in [5.41, 5.74) is 0. The average Bonchev–Trinajstić information content (AvgIpc) is 3.23. The SMILES string of the molecule is CCCCCCOCC(O)CNCC1CCN(C2CC2)C1. The molecule has 124 valence electrons. The lowest BCUT2D eigenvalue weighted by Crippen LogP contribution is -2.34. The first-order chi connectivity index (χ1) is 10.3. The van der Waals surface area contributed by atoms with Crippen LogP contribution in [0.15, 0.2) is 0 Å². The van der Waals surface area contributed by atoms with Crippen molar-refractivity contribution in [2.75, 3.05) is 39.4 Å². The molecule has 0 aromatic heterocycles. The average molecular weight is 298 g/mol. The Morgan fingerprint density at radius 2 is 2.10 bits per heavy atom. The van der Waals surface area contributed by atoms with Crippen molar-refractivity contribution in [3.8, 4) is 0 Å². The van der Waals surface area contributed by atoms with Crippen LogP contribution in [-0.2, 0) is 4.74 Å². The first-order valence-corrected chi connectivity index (χ1v) is 9.00. The van der Waals surface area contributed by atoms with Crippen LogP contribution in [0.2, 0.25) is 0 Å². The minimum absolute atomic E-state index is 0.364. The van der Waals surface area contributed by atoms with Gasteiger partial charge in [-0.05, 0) is 44.7 Å². The van der Waals surface area contributed by atoms with E-state index in [1.807, 2.05) is 0 Å². The summed E-state index contributed by atoms with van der Waals surface area (Å²) < 4.78 is 5.52. The predicted octanol–water partition coefficient (Wildman–Crippen LogP) is 2.02. The molecule has 0 radical (unpaired) electrons. The maximum Gasteiger partial charge on any atom is 0.0897 e. The van der Waals surface area contributed by atoms with E-state index in [2.05, 4.69) is 17.1 Å². The monoisotopic (exact) mass is 298 g/mol. The Hall–Kier alpha value is -0.160. The Balaban J connectivity index is 1.39. The molecule has 0 aromatic carbocycles. The van der Waals surface area contributed by atoms with E-state index in [-0.39, 0.29) is 6.10 Å². The molecule has 1 saturated heterocycles. The van der Waals surface area contributed by atoms with E-state index >= 15 is 0 Å². The Kier molecular flexibility index (Phi) is 8.01. The normalized spacial score (nSPS) is 24.6. The van der Waals surface area contributed by atoms with Gasteiger partial charge in [-0.3, -0.25) is 0 Å². The number of hydrogen-bond donors (Lipinski definition) is 2. The van der Waals surface area contributed by atoms with Crippen LogP contribution in [0, 0.1) is 5.92 Å². The largest absolute Gasteiger partial charge is 0.389 e. The van der Waals surface area contributed by atoms with Crippen LogP contribution in [0.3, 0.4) is 0 Å². The first-order valence-electron chi connectivity index (χ1n) is 9.00. The lowest BCUT2D eigenvalue weighted by Gasteiger charge is -2.16. The van der Waals surface area contributed by atoms with Gasteiger partial charge in [-0.1, -0.05) is 26.2 Å². The Morgan fingerprint density at radius 1 is 1.24 bits per heavy atom. The number of aliphatic hydroxyl groups excluding tert-OH is 1. The van der Waals surface area contributed by atoms with Crippen LogP contribution >= 0.6 is 0 Å². The lowest BCUT2D eigenvalue weighted by molar-refractivity contribution is 0.0351. The summed E-state index contributed by atoms with van der Waals surface area (Å²) in [5, 5.41) is 13.3. The maximum absolute atomic E-state index is 9.88. The smallest absolute Gasteiger partial charge is 0.0897 e. The highest BCUT2D eigenvalue weighted by molar-refractivity contribution is 4.89. The van der Waals surface area contributed by atoms with E-state index < -0.39 is 0 Å². The topological polar surface area (TPSA) is 44.7 Å². The molecule has 2 atom stereocenters. The quantitative estimate of drug-likeness (QED) is 0.541. The Bertz CT molecular complexity index is 272. The summed E-state index contributed by atoms with van der Waals surface area (Å²) in [6.07, 6.45) is 8.67. The molecule has 1 aliphatic carbocycles. The molecule has 1 heterocycles. The van der Waals surface area contributed by atoms with Crippen LogP contribution < -0.4 is 5.32 Å². The summed E-state index contributed by atoms with van der Waals surface area (Å²) in [6, 6.07) is 0.904. The van der Waals surface area contributed by atoms with Crippen LogP contribution in [0.1, 0.15) is 51.9 Å². The zero-order chi connectivity index (χ0) is 14.9. The van der Waals surface area contributed by atoms with Gasteiger partial charge in [0.25, 0.3) is 0 Å². The zero-order valence-corrected chi connectivity index (χ0v) is 13.7. The van der Waals surface area contributed by atoms with E-state index in [0.29, 0.717) is 13.2 Å². The van der Waals surface area contributed by atoms with Gasteiger partial charge in [0.15, 0.2) is 0 Å². The third-order valence-corrected chi connectivity index (χ3v) is 4.65. The Morgan fingerprint density at radius 3 is 2.86 bits per heavy atom. The number of likely N-dealkylation sites (tertiary alicyclic amines) is 1. The van der Waals surface area contributed by atoms with Gasteiger partial charge < -0.3 is 20.1 Å². The molecule has 2 unspecified atom stereocenters. The van der Waals surface area contributed by atoms with Gasteiger partial charge in [-0.15, -0.1) is 0 Å². The molecule has 0 aromatic rings. The number of nitrogens with one attached hydrogen (secondary N) is 1. The zero-order valence-electron chi connectivity index (χ0n) is 13.7. The predicted molar refractivity (Wildman–Crippen MR) is 86.5 cm³/mol. The maximum atomic E-state index is 9.88. The highest BCUT2D eigenvalue weighted by Gasteiger charge is 2.33. The summed E-state index contributed by atoms with van der Waals surface area (Å²) in [5.74, 6) is 0.771. The molecular weight excluding hydrogens is 264 g/mol. The molecule has 2 aliphatic rings. The van der Waals surface area contributed by atoms with E-state index in [1.165, 1.54) is 51.6 Å². The van der Waals surface area contributed by atoms with Crippen molar-refractivity contribution in [1.29, 1.82) is 0 Å². The molecule has 2 fully saturated rings. The molecule has 4 nitrogen and oxygen atoms in total. The van der Waals surface area contributed by atoms with Crippen molar-refractivity contribution in [3.05, 3.63) is 0 Å². The first kappa shape index (κ1) is 17.2. The molecular formula is C17H34N2O2. The van der Waals surface area contributed by atoms with Crippen LogP contribution in [0.25, 0.3) is 0 Å². The van der Waals surface area contributed by atoms with Gasteiger partial charge in [0.1, 0.15) is 0 Å². The highest BCUT2D eigenvalue weighted by atomic mass is 16.5. The van der Waals surface area contributed by atoms with Gasteiger partial charge in [0, 0.05) is 25.7 Å². The fraction of sp³-hybridized carbons (Fsp3) is 1.00. The number of aliphatic hydroxyl groups is 1. The second-order valence-corrected chi connectivity index (χ2v) is 6.83. The Labute approximate surface area is 130 Å². The number of unbranched alkanes of at least 4 members (excludes halogenated alkanes) is 3. The van der Waals surface area contributed by atoms with E-state index in [9.17, 15) is 5.11 Å². The van der Waals surface area contributed by atoms with Gasteiger partial charge in [-0.2, -0.15) is 0 Å². The van der Waals surface area contributed by atoms with Gasteiger partial charge >= 0.3 is 0 Å². The number of ether oxygens (including phenoxy) is 1.